The maximum absolute atomic E-state index is 3.89. The van der Waals surface area contributed by atoms with E-state index in [2.05, 4.69) is 58.4 Å². The lowest BCUT2D eigenvalue weighted by molar-refractivity contribution is 0.359. The fourth-order valence-electron chi connectivity index (χ4n) is 1.80. The summed E-state index contributed by atoms with van der Waals surface area (Å²) in [4.78, 5) is 2.30. The molecule has 1 heteroatoms. The van der Waals surface area contributed by atoms with Gasteiger partial charge in [-0.2, -0.15) is 0 Å². The van der Waals surface area contributed by atoms with E-state index in [1.807, 2.05) is 19.1 Å². The Morgan fingerprint density at radius 3 is 2.35 bits per heavy atom. The van der Waals surface area contributed by atoms with Gasteiger partial charge >= 0.3 is 0 Å². The number of likely N-dealkylation sites (N-methyl/N-ethyl adjacent to an activating group) is 1. The molecule has 0 aromatic carbocycles. The molecule has 0 aromatic heterocycles. The van der Waals surface area contributed by atoms with Gasteiger partial charge in [-0.25, -0.2) is 0 Å². The van der Waals surface area contributed by atoms with Crippen LogP contribution in [0.4, 0.5) is 0 Å². The van der Waals surface area contributed by atoms with Crippen LogP contribution in [0.25, 0.3) is 0 Å². The van der Waals surface area contributed by atoms with Crippen LogP contribution in [0, 0.1) is 0 Å². The van der Waals surface area contributed by atoms with Gasteiger partial charge in [0.05, 0.1) is 0 Å². The molecule has 0 bridgehead atoms. The third kappa shape index (κ3) is 4.64. The van der Waals surface area contributed by atoms with Gasteiger partial charge < -0.3 is 4.90 Å². The Hall–Kier alpha value is -1.24. The Morgan fingerprint density at radius 1 is 1.35 bits per heavy atom. The van der Waals surface area contributed by atoms with E-state index in [4.69, 9.17) is 0 Å². The van der Waals surface area contributed by atoms with E-state index in [0.29, 0.717) is 6.04 Å². The predicted molar refractivity (Wildman–Crippen MR) is 79.0 cm³/mol. The number of rotatable bonds is 6. The molecule has 0 aliphatic rings. The largest absolute Gasteiger partial charge is 0.372 e. The van der Waals surface area contributed by atoms with Crippen LogP contribution in [0.5, 0.6) is 0 Å². The molecule has 17 heavy (non-hydrogen) atoms. The Morgan fingerprint density at radius 2 is 1.94 bits per heavy atom. The Balaban J connectivity index is 4.99. The highest BCUT2D eigenvalue weighted by atomic mass is 15.1. The van der Waals surface area contributed by atoms with Crippen molar-refractivity contribution in [2.75, 3.05) is 7.05 Å². The molecule has 0 aliphatic carbocycles. The van der Waals surface area contributed by atoms with Crippen LogP contribution in [0.3, 0.4) is 0 Å². The highest BCUT2D eigenvalue weighted by Crippen LogP contribution is 2.19. The van der Waals surface area contributed by atoms with E-state index in [1.165, 1.54) is 16.8 Å². The van der Waals surface area contributed by atoms with E-state index >= 15 is 0 Å². The summed E-state index contributed by atoms with van der Waals surface area (Å²) in [6.45, 7) is 14.7. The van der Waals surface area contributed by atoms with Gasteiger partial charge in [0.25, 0.3) is 0 Å². The van der Waals surface area contributed by atoms with E-state index in [-0.39, 0.29) is 0 Å². The summed E-state index contributed by atoms with van der Waals surface area (Å²) in [5, 5.41) is 0. The summed E-state index contributed by atoms with van der Waals surface area (Å²) in [5.41, 5.74) is 4.02. The number of hydrogen-bond donors (Lipinski definition) is 0. The molecule has 0 spiro atoms. The molecule has 0 saturated carbocycles. The Kier molecular flexibility index (Phi) is 7.36. The van der Waals surface area contributed by atoms with Crippen molar-refractivity contribution in [1.82, 2.24) is 4.90 Å². The van der Waals surface area contributed by atoms with Crippen LogP contribution in [0.2, 0.25) is 0 Å². The average Bonchev–Trinajstić information content (AvgIpc) is 2.35. The number of allylic oxidation sites excluding steroid dienone is 6. The molecule has 0 fully saturated rings. The molecule has 0 saturated heterocycles. The van der Waals surface area contributed by atoms with Crippen molar-refractivity contribution in [2.24, 2.45) is 0 Å². The number of nitrogens with zero attached hydrogens (tertiary/aromatic N) is 1. The normalized spacial score (nSPS) is 15.8. The van der Waals surface area contributed by atoms with E-state index in [0.717, 1.165) is 6.42 Å². The minimum Gasteiger partial charge on any atom is -0.372 e. The minimum atomic E-state index is 0.407. The summed E-state index contributed by atoms with van der Waals surface area (Å²) < 4.78 is 0. The molecule has 0 unspecified atom stereocenters. The summed E-state index contributed by atoms with van der Waals surface area (Å²) >= 11 is 0. The van der Waals surface area contributed by atoms with Gasteiger partial charge in [-0.05, 0) is 51.3 Å². The lowest BCUT2D eigenvalue weighted by atomic mass is 10.00. The second kappa shape index (κ2) is 7.94. The standard InChI is InChI=1S/C16H27N/c1-8-11-12-13(4)17(7)15(6)14(5)16(9-2)10-3/h8-9,11-12,15H,2,10H2,1,3-7H3/b11-8-,13-12+,16-14-/t15-/m1/s1. The van der Waals surface area contributed by atoms with E-state index in [9.17, 15) is 0 Å². The lowest BCUT2D eigenvalue weighted by Crippen LogP contribution is -2.29. The van der Waals surface area contributed by atoms with Crippen LogP contribution in [0.15, 0.2) is 47.7 Å². The smallest absolute Gasteiger partial charge is 0.0470 e. The van der Waals surface area contributed by atoms with Gasteiger partial charge in [-0.1, -0.05) is 31.7 Å². The Labute approximate surface area is 107 Å². The second-order valence-corrected chi connectivity index (χ2v) is 4.39. The summed E-state index contributed by atoms with van der Waals surface area (Å²) in [6, 6.07) is 0.407. The van der Waals surface area contributed by atoms with Gasteiger partial charge in [0.1, 0.15) is 0 Å². The maximum Gasteiger partial charge on any atom is 0.0470 e. The van der Waals surface area contributed by atoms with Crippen LogP contribution < -0.4 is 0 Å². The highest BCUT2D eigenvalue weighted by Gasteiger charge is 2.12. The first-order valence-corrected chi connectivity index (χ1v) is 6.34. The quantitative estimate of drug-likeness (QED) is 0.601. The van der Waals surface area contributed by atoms with Gasteiger partial charge in [0, 0.05) is 18.8 Å². The third-order valence-corrected chi connectivity index (χ3v) is 3.43. The fraction of sp³-hybridized carbons (Fsp3) is 0.500. The van der Waals surface area contributed by atoms with Gasteiger partial charge in [-0.15, -0.1) is 0 Å². The van der Waals surface area contributed by atoms with Crippen LogP contribution in [-0.4, -0.2) is 18.0 Å². The molecule has 0 N–H and O–H groups in total. The molecule has 96 valence electrons. The first-order chi connectivity index (χ1) is 7.99. The summed E-state index contributed by atoms with van der Waals surface area (Å²) in [7, 11) is 2.14. The summed E-state index contributed by atoms with van der Waals surface area (Å²) in [5.74, 6) is 0. The van der Waals surface area contributed by atoms with Crippen molar-refractivity contribution in [3.05, 3.63) is 47.7 Å². The molecule has 0 amide bonds. The molecule has 1 atom stereocenters. The van der Waals surface area contributed by atoms with Crippen LogP contribution in [0.1, 0.15) is 41.0 Å². The minimum absolute atomic E-state index is 0.407. The molecular formula is C16H27N. The first kappa shape index (κ1) is 15.8. The SMILES string of the molecule is C=C/C(CC)=C(\C)[C@@H](C)N(C)/C(C)=C/C=C\C. The molecule has 0 rings (SSSR count). The van der Waals surface area contributed by atoms with E-state index < -0.39 is 0 Å². The molecule has 1 nitrogen and oxygen atoms in total. The van der Waals surface area contributed by atoms with Crippen molar-refractivity contribution in [1.29, 1.82) is 0 Å². The van der Waals surface area contributed by atoms with Crippen molar-refractivity contribution in [2.45, 2.75) is 47.1 Å². The van der Waals surface area contributed by atoms with Gasteiger partial charge in [-0.3, -0.25) is 0 Å². The van der Waals surface area contributed by atoms with Crippen LogP contribution >= 0.6 is 0 Å². The predicted octanol–water partition coefficient (Wildman–Crippen LogP) is 4.70. The second-order valence-electron chi connectivity index (χ2n) is 4.39. The number of hydrogen-bond acceptors (Lipinski definition) is 1. The van der Waals surface area contributed by atoms with E-state index in [1.54, 1.807) is 0 Å². The zero-order valence-electron chi connectivity index (χ0n) is 12.2. The van der Waals surface area contributed by atoms with Crippen molar-refractivity contribution in [3.63, 3.8) is 0 Å². The topological polar surface area (TPSA) is 3.24 Å². The van der Waals surface area contributed by atoms with Crippen LogP contribution in [-0.2, 0) is 0 Å². The van der Waals surface area contributed by atoms with Gasteiger partial charge in [0.15, 0.2) is 0 Å². The monoisotopic (exact) mass is 233 g/mol. The highest BCUT2D eigenvalue weighted by molar-refractivity contribution is 5.27. The zero-order valence-corrected chi connectivity index (χ0v) is 12.2. The molecule has 0 aliphatic heterocycles. The zero-order chi connectivity index (χ0) is 13.4. The third-order valence-electron chi connectivity index (χ3n) is 3.43. The lowest BCUT2D eigenvalue weighted by Gasteiger charge is -2.29. The summed E-state index contributed by atoms with van der Waals surface area (Å²) in [6.07, 6.45) is 9.29. The molecular weight excluding hydrogens is 206 g/mol. The van der Waals surface area contributed by atoms with Crippen molar-refractivity contribution in [3.8, 4) is 0 Å². The fourth-order valence-corrected chi connectivity index (χ4v) is 1.80. The van der Waals surface area contributed by atoms with Crippen molar-refractivity contribution >= 4 is 0 Å². The Bertz CT molecular complexity index is 331. The molecule has 0 heterocycles. The first-order valence-electron chi connectivity index (χ1n) is 6.34. The van der Waals surface area contributed by atoms with Gasteiger partial charge in [0.2, 0.25) is 0 Å². The molecule has 0 aromatic rings. The van der Waals surface area contributed by atoms with Crippen molar-refractivity contribution < 1.29 is 0 Å². The maximum atomic E-state index is 3.89. The molecule has 0 radical (unpaired) electrons. The average molecular weight is 233 g/mol.